The van der Waals surface area contributed by atoms with E-state index < -0.39 is 0 Å². The molecule has 2 rings (SSSR count). The fraction of sp³-hybridized carbons (Fsp3) is 0.235. The van der Waals surface area contributed by atoms with E-state index in [0.717, 1.165) is 11.1 Å². The fourth-order valence-corrected chi connectivity index (χ4v) is 2.40. The van der Waals surface area contributed by atoms with E-state index in [9.17, 15) is 9.18 Å². The van der Waals surface area contributed by atoms with E-state index in [4.69, 9.17) is 11.6 Å². The van der Waals surface area contributed by atoms with Gasteiger partial charge in [-0.05, 0) is 43.2 Å². The molecule has 0 saturated carbocycles. The van der Waals surface area contributed by atoms with E-state index in [1.165, 1.54) is 12.1 Å². The lowest BCUT2D eigenvalue weighted by atomic mass is 10.1. The molecule has 1 atom stereocenters. The summed E-state index contributed by atoms with van der Waals surface area (Å²) in [5.74, 6) is -0.606. The van der Waals surface area contributed by atoms with Crippen LogP contribution in [0, 0.1) is 12.7 Å². The Hall–Kier alpha value is -1.91. The standard InChI is InChI=1S/C17H18ClFN2O/c1-11-7-8-13(19)9-16(11)21-17(22)10-20-12(2)14-5-3-4-6-15(14)18/h3-9,12,20H,10H2,1-2H3,(H,21,22). The van der Waals surface area contributed by atoms with E-state index in [1.54, 1.807) is 6.07 Å². The van der Waals surface area contributed by atoms with Crippen LogP contribution in [-0.2, 0) is 4.79 Å². The molecule has 0 aliphatic heterocycles. The van der Waals surface area contributed by atoms with Gasteiger partial charge in [-0.3, -0.25) is 4.79 Å². The van der Waals surface area contributed by atoms with Gasteiger partial charge in [0, 0.05) is 16.8 Å². The van der Waals surface area contributed by atoms with Crippen LogP contribution in [0.5, 0.6) is 0 Å². The van der Waals surface area contributed by atoms with Gasteiger partial charge < -0.3 is 10.6 Å². The molecule has 0 aliphatic carbocycles. The minimum atomic E-state index is -0.377. The molecule has 0 spiro atoms. The quantitative estimate of drug-likeness (QED) is 0.871. The summed E-state index contributed by atoms with van der Waals surface area (Å²) in [5, 5.41) is 6.46. The number of amides is 1. The van der Waals surface area contributed by atoms with Crippen molar-refractivity contribution in [2.24, 2.45) is 0 Å². The van der Waals surface area contributed by atoms with Crippen LogP contribution in [0.1, 0.15) is 24.1 Å². The summed E-state index contributed by atoms with van der Waals surface area (Å²) in [6.07, 6.45) is 0. The van der Waals surface area contributed by atoms with E-state index in [0.29, 0.717) is 10.7 Å². The van der Waals surface area contributed by atoms with Crippen molar-refractivity contribution in [3.05, 3.63) is 64.4 Å². The number of aryl methyl sites for hydroxylation is 1. The number of carbonyl (C=O) groups is 1. The van der Waals surface area contributed by atoms with Crippen molar-refractivity contribution in [1.29, 1.82) is 0 Å². The number of carbonyl (C=O) groups excluding carboxylic acids is 1. The Labute approximate surface area is 134 Å². The third-order valence-corrected chi connectivity index (χ3v) is 3.76. The van der Waals surface area contributed by atoms with Crippen molar-refractivity contribution in [1.82, 2.24) is 5.32 Å². The summed E-state index contributed by atoms with van der Waals surface area (Å²) < 4.78 is 13.2. The summed E-state index contributed by atoms with van der Waals surface area (Å²) in [4.78, 5) is 12.0. The largest absolute Gasteiger partial charge is 0.325 e. The van der Waals surface area contributed by atoms with Crippen LogP contribution in [-0.4, -0.2) is 12.5 Å². The van der Waals surface area contributed by atoms with Crippen molar-refractivity contribution < 1.29 is 9.18 Å². The Morgan fingerprint density at radius 2 is 2.00 bits per heavy atom. The molecule has 0 bridgehead atoms. The molecule has 0 saturated heterocycles. The molecule has 0 aromatic heterocycles. The molecular formula is C17H18ClFN2O. The zero-order valence-corrected chi connectivity index (χ0v) is 13.2. The topological polar surface area (TPSA) is 41.1 Å². The van der Waals surface area contributed by atoms with Crippen LogP contribution in [0.3, 0.4) is 0 Å². The highest BCUT2D eigenvalue weighted by atomic mass is 35.5. The third-order valence-electron chi connectivity index (χ3n) is 3.41. The van der Waals surface area contributed by atoms with E-state index in [1.807, 2.05) is 38.1 Å². The van der Waals surface area contributed by atoms with Crippen LogP contribution in [0.25, 0.3) is 0 Å². The normalized spacial score (nSPS) is 12.0. The van der Waals surface area contributed by atoms with Gasteiger partial charge >= 0.3 is 0 Å². The second kappa shape index (κ2) is 7.38. The van der Waals surface area contributed by atoms with Crippen molar-refractivity contribution >= 4 is 23.2 Å². The summed E-state index contributed by atoms with van der Waals surface area (Å²) in [5.41, 5.74) is 2.23. The van der Waals surface area contributed by atoms with Gasteiger partial charge in [-0.25, -0.2) is 4.39 Å². The summed E-state index contributed by atoms with van der Waals surface area (Å²) in [6, 6.07) is 11.7. The fourth-order valence-electron chi connectivity index (χ4n) is 2.11. The molecule has 1 amide bonds. The highest BCUT2D eigenvalue weighted by Gasteiger charge is 2.11. The van der Waals surface area contributed by atoms with Crippen LogP contribution in [0.15, 0.2) is 42.5 Å². The molecule has 22 heavy (non-hydrogen) atoms. The van der Waals surface area contributed by atoms with Crippen molar-refractivity contribution in [2.75, 3.05) is 11.9 Å². The molecule has 2 aromatic rings. The molecule has 2 aromatic carbocycles. The number of nitrogens with one attached hydrogen (secondary N) is 2. The SMILES string of the molecule is Cc1ccc(F)cc1NC(=O)CNC(C)c1ccccc1Cl. The lowest BCUT2D eigenvalue weighted by Gasteiger charge is -2.16. The van der Waals surface area contributed by atoms with Gasteiger partial charge in [0.25, 0.3) is 0 Å². The average Bonchev–Trinajstić information content (AvgIpc) is 2.49. The predicted octanol–water partition coefficient (Wildman–Crippen LogP) is 4.08. The maximum Gasteiger partial charge on any atom is 0.238 e. The second-order valence-corrected chi connectivity index (χ2v) is 5.54. The number of benzene rings is 2. The zero-order valence-electron chi connectivity index (χ0n) is 12.5. The molecule has 0 aliphatic rings. The first-order valence-corrected chi connectivity index (χ1v) is 7.39. The van der Waals surface area contributed by atoms with Crippen molar-refractivity contribution in [3.63, 3.8) is 0 Å². The van der Waals surface area contributed by atoms with Crippen LogP contribution in [0.2, 0.25) is 5.02 Å². The number of anilines is 1. The predicted molar refractivity (Wildman–Crippen MR) is 87.6 cm³/mol. The Morgan fingerprint density at radius 3 is 2.73 bits per heavy atom. The van der Waals surface area contributed by atoms with Crippen LogP contribution >= 0.6 is 11.6 Å². The smallest absolute Gasteiger partial charge is 0.238 e. The Bertz CT molecular complexity index is 675. The van der Waals surface area contributed by atoms with E-state index in [-0.39, 0.29) is 24.3 Å². The van der Waals surface area contributed by atoms with Gasteiger partial charge in [-0.2, -0.15) is 0 Å². The molecule has 2 N–H and O–H groups in total. The van der Waals surface area contributed by atoms with Gasteiger partial charge in [0.2, 0.25) is 5.91 Å². The monoisotopic (exact) mass is 320 g/mol. The number of rotatable bonds is 5. The molecule has 1 unspecified atom stereocenters. The van der Waals surface area contributed by atoms with Gasteiger partial charge in [0.1, 0.15) is 5.82 Å². The minimum Gasteiger partial charge on any atom is -0.325 e. The van der Waals surface area contributed by atoms with Crippen LogP contribution < -0.4 is 10.6 Å². The zero-order chi connectivity index (χ0) is 16.1. The average molecular weight is 321 g/mol. The maximum atomic E-state index is 13.2. The third kappa shape index (κ3) is 4.29. The lowest BCUT2D eigenvalue weighted by Crippen LogP contribution is -2.30. The van der Waals surface area contributed by atoms with Crippen LogP contribution in [0.4, 0.5) is 10.1 Å². The number of hydrogen-bond donors (Lipinski definition) is 2. The van der Waals surface area contributed by atoms with E-state index in [2.05, 4.69) is 10.6 Å². The molecule has 0 radical (unpaired) electrons. The lowest BCUT2D eigenvalue weighted by molar-refractivity contribution is -0.115. The summed E-state index contributed by atoms with van der Waals surface area (Å²) in [6.45, 7) is 3.86. The number of hydrogen-bond acceptors (Lipinski definition) is 2. The summed E-state index contributed by atoms with van der Waals surface area (Å²) >= 11 is 6.12. The Balaban J connectivity index is 1.93. The Morgan fingerprint density at radius 1 is 1.27 bits per heavy atom. The molecule has 116 valence electrons. The van der Waals surface area contributed by atoms with Crippen molar-refractivity contribution in [3.8, 4) is 0 Å². The first-order valence-electron chi connectivity index (χ1n) is 7.01. The van der Waals surface area contributed by atoms with Gasteiger partial charge in [-0.15, -0.1) is 0 Å². The Kier molecular flexibility index (Phi) is 5.52. The molecule has 5 heteroatoms. The first kappa shape index (κ1) is 16.5. The molecule has 0 fully saturated rings. The number of halogens is 2. The highest BCUT2D eigenvalue weighted by molar-refractivity contribution is 6.31. The summed E-state index contributed by atoms with van der Waals surface area (Å²) in [7, 11) is 0. The maximum absolute atomic E-state index is 13.2. The van der Waals surface area contributed by atoms with Gasteiger partial charge in [0.05, 0.1) is 6.54 Å². The highest BCUT2D eigenvalue weighted by Crippen LogP contribution is 2.22. The minimum absolute atomic E-state index is 0.0620. The van der Waals surface area contributed by atoms with Gasteiger partial charge in [0.15, 0.2) is 0 Å². The first-order chi connectivity index (χ1) is 10.5. The second-order valence-electron chi connectivity index (χ2n) is 5.13. The molecule has 3 nitrogen and oxygen atoms in total. The molecule has 0 heterocycles. The van der Waals surface area contributed by atoms with Crippen molar-refractivity contribution in [2.45, 2.75) is 19.9 Å². The van der Waals surface area contributed by atoms with Gasteiger partial charge in [-0.1, -0.05) is 35.9 Å². The van der Waals surface area contributed by atoms with E-state index >= 15 is 0 Å². The molecular weight excluding hydrogens is 303 g/mol.